The van der Waals surface area contributed by atoms with Gasteiger partial charge in [-0.2, -0.15) is 8.78 Å². The number of carbonyl (C=O) groups is 1. The Morgan fingerprint density at radius 2 is 2.00 bits per heavy atom. The first-order valence-electron chi connectivity index (χ1n) is 5.95. The van der Waals surface area contributed by atoms with Crippen LogP contribution in [-0.4, -0.2) is 35.2 Å². The highest BCUT2D eigenvalue weighted by Gasteiger charge is 2.37. The van der Waals surface area contributed by atoms with Crippen molar-refractivity contribution in [1.82, 2.24) is 9.88 Å². The van der Waals surface area contributed by atoms with Crippen LogP contribution >= 0.6 is 11.6 Å². The van der Waals surface area contributed by atoms with Gasteiger partial charge in [-0.05, 0) is 32.9 Å². The Bertz CT molecular complexity index is 472. The molecule has 112 valence electrons. The molecular formula is C13H17ClF2N2O2. The molecule has 0 aliphatic carbocycles. The lowest BCUT2D eigenvalue weighted by atomic mass is 10.2. The van der Waals surface area contributed by atoms with Crippen molar-refractivity contribution in [3.63, 3.8) is 0 Å². The van der Waals surface area contributed by atoms with Gasteiger partial charge in [-0.3, -0.25) is 4.98 Å². The number of hydrogen-bond acceptors (Lipinski definition) is 3. The molecule has 0 bridgehead atoms. The summed E-state index contributed by atoms with van der Waals surface area (Å²) in [6, 6.07) is 2.45. The molecule has 0 aliphatic rings. The van der Waals surface area contributed by atoms with E-state index in [-0.39, 0.29) is 5.02 Å². The first kappa shape index (κ1) is 16.6. The Kier molecular flexibility index (Phi) is 4.91. The van der Waals surface area contributed by atoms with E-state index in [4.69, 9.17) is 16.3 Å². The lowest BCUT2D eigenvalue weighted by Gasteiger charge is -2.27. The number of aromatic nitrogens is 1. The molecular weight excluding hydrogens is 290 g/mol. The molecule has 1 amide bonds. The van der Waals surface area contributed by atoms with Gasteiger partial charge in [0, 0.05) is 13.2 Å². The van der Waals surface area contributed by atoms with Crippen molar-refractivity contribution in [3.05, 3.63) is 29.0 Å². The molecule has 0 aliphatic heterocycles. The molecule has 1 rings (SSSR count). The van der Waals surface area contributed by atoms with Gasteiger partial charge >= 0.3 is 12.0 Å². The summed E-state index contributed by atoms with van der Waals surface area (Å²) in [7, 11) is 1.25. The van der Waals surface area contributed by atoms with Crippen molar-refractivity contribution in [2.45, 2.75) is 32.3 Å². The molecule has 1 aromatic rings. The monoisotopic (exact) mass is 306 g/mol. The largest absolute Gasteiger partial charge is 0.444 e. The number of pyridine rings is 1. The summed E-state index contributed by atoms with van der Waals surface area (Å²) in [5, 5.41) is 0.269. The Morgan fingerprint density at radius 1 is 1.40 bits per heavy atom. The van der Waals surface area contributed by atoms with Crippen molar-refractivity contribution in [2.75, 3.05) is 13.6 Å². The Morgan fingerprint density at radius 3 is 2.45 bits per heavy atom. The third kappa shape index (κ3) is 4.92. The van der Waals surface area contributed by atoms with Gasteiger partial charge in [0.15, 0.2) is 0 Å². The van der Waals surface area contributed by atoms with E-state index in [1.807, 2.05) is 0 Å². The molecule has 0 saturated carbocycles. The van der Waals surface area contributed by atoms with E-state index >= 15 is 0 Å². The molecule has 0 N–H and O–H groups in total. The number of carbonyl (C=O) groups excluding carboxylic acids is 1. The van der Waals surface area contributed by atoms with Gasteiger partial charge in [0.2, 0.25) is 0 Å². The van der Waals surface area contributed by atoms with Crippen molar-refractivity contribution in [3.8, 4) is 0 Å². The number of nitrogens with zero attached hydrogens (tertiary/aromatic N) is 2. The maximum absolute atomic E-state index is 14.0. The van der Waals surface area contributed by atoms with E-state index in [9.17, 15) is 13.6 Å². The van der Waals surface area contributed by atoms with Gasteiger partial charge in [-0.25, -0.2) is 4.79 Å². The summed E-state index contributed by atoms with van der Waals surface area (Å²) in [5.41, 5.74) is -1.18. The second kappa shape index (κ2) is 5.91. The highest BCUT2D eigenvalue weighted by Crippen LogP contribution is 2.28. The maximum atomic E-state index is 14.0. The molecule has 0 saturated heterocycles. The summed E-state index contributed by atoms with van der Waals surface area (Å²) in [6.07, 6.45) is 0.323. The van der Waals surface area contributed by atoms with Crippen LogP contribution in [0.25, 0.3) is 0 Å². The zero-order chi connectivity index (χ0) is 15.6. The summed E-state index contributed by atoms with van der Waals surface area (Å²) in [4.78, 5) is 16.0. The number of halogens is 3. The average Bonchev–Trinajstić information content (AvgIpc) is 2.26. The highest BCUT2D eigenvalue weighted by molar-refractivity contribution is 6.30. The van der Waals surface area contributed by atoms with E-state index in [0.29, 0.717) is 0 Å². The van der Waals surface area contributed by atoms with E-state index in [2.05, 4.69) is 4.98 Å². The molecule has 1 aromatic heterocycles. The van der Waals surface area contributed by atoms with Gasteiger partial charge in [-0.1, -0.05) is 11.6 Å². The van der Waals surface area contributed by atoms with Crippen LogP contribution in [0.2, 0.25) is 5.02 Å². The summed E-state index contributed by atoms with van der Waals surface area (Å²) in [6.45, 7) is 4.17. The van der Waals surface area contributed by atoms with Crippen LogP contribution in [-0.2, 0) is 10.7 Å². The van der Waals surface area contributed by atoms with Crippen molar-refractivity contribution >= 4 is 17.7 Å². The van der Waals surface area contributed by atoms with E-state index < -0.39 is 29.9 Å². The van der Waals surface area contributed by atoms with Crippen molar-refractivity contribution in [1.29, 1.82) is 0 Å². The third-order valence-corrected chi connectivity index (χ3v) is 2.47. The van der Waals surface area contributed by atoms with E-state index in [1.54, 1.807) is 20.8 Å². The molecule has 0 unspecified atom stereocenters. The van der Waals surface area contributed by atoms with Crippen LogP contribution in [0, 0.1) is 0 Å². The molecule has 0 radical (unpaired) electrons. The van der Waals surface area contributed by atoms with Crippen LogP contribution in [0.5, 0.6) is 0 Å². The van der Waals surface area contributed by atoms with Gasteiger partial charge in [0.25, 0.3) is 0 Å². The fourth-order valence-electron chi connectivity index (χ4n) is 1.38. The summed E-state index contributed by atoms with van der Waals surface area (Å²) >= 11 is 5.60. The SMILES string of the molecule is CN(CC(F)(F)c1ccc(Cl)cn1)C(=O)OC(C)(C)C. The fraction of sp³-hybridized carbons (Fsp3) is 0.538. The van der Waals surface area contributed by atoms with Crippen LogP contribution in [0.15, 0.2) is 18.3 Å². The predicted molar refractivity (Wildman–Crippen MR) is 72.0 cm³/mol. The minimum atomic E-state index is -3.28. The maximum Gasteiger partial charge on any atom is 0.410 e. The zero-order valence-corrected chi connectivity index (χ0v) is 12.5. The molecule has 4 nitrogen and oxygen atoms in total. The topological polar surface area (TPSA) is 42.4 Å². The molecule has 0 fully saturated rings. The number of rotatable bonds is 3. The Hall–Kier alpha value is -1.43. The molecule has 0 atom stereocenters. The zero-order valence-electron chi connectivity index (χ0n) is 11.8. The first-order chi connectivity index (χ1) is 9.01. The summed E-state index contributed by atoms with van der Waals surface area (Å²) < 4.78 is 33.0. The van der Waals surface area contributed by atoms with Gasteiger partial charge in [0.1, 0.15) is 11.3 Å². The van der Waals surface area contributed by atoms with E-state index in [1.165, 1.54) is 13.1 Å². The lowest BCUT2D eigenvalue weighted by molar-refractivity contribution is -0.0440. The van der Waals surface area contributed by atoms with Crippen LogP contribution in [0.3, 0.4) is 0 Å². The number of amides is 1. The third-order valence-electron chi connectivity index (χ3n) is 2.24. The lowest BCUT2D eigenvalue weighted by Crippen LogP contribution is -2.40. The Balaban J connectivity index is 2.75. The molecule has 0 spiro atoms. The molecule has 20 heavy (non-hydrogen) atoms. The number of likely N-dealkylation sites (N-methyl/N-ethyl adjacent to an activating group) is 1. The van der Waals surface area contributed by atoms with Gasteiger partial charge in [-0.15, -0.1) is 0 Å². The molecule has 1 heterocycles. The normalized spacial score (nSPS) is 12.2. The smallest absolute Gasteiger partial charge is 0.410 e. The Labute approximate surface area is 121 Å². The van der Waals surface area contributed by atoms with Crippen LogP contribution in [0.4, 0.5) is 13.6 Å². The molecule has 0 aromatic carbocycles. The van der Waals surface area contributed by atoms with Gasteiger partial charge < -0.3 is 9.64 Å². The average molecular weight is 307 g/mol. The fourth-order valence-corrected chi connectivity index (χ4v) is 1.49. The second-order valence-electron chi connectivity index (χ2n) is 5.40. The van der Waals surface area contributed by atoms with Gasteiger partial charge in [0.05, 0.1) is 11.6 Å². The standard InChI is InChI=1S/C13H17ClF2N2O2/c1-12(2,3)20-11(19)18(4)8-13(15,16)10-6-5-9(14)7-17-10/h5-7H,8H2,1-4H3. The molecule has 7 heteroatoms. The van der Waals surface area contributed by atoms with Crippen molar-refractivity contribution < 1.29 is 18.3 Å². The predicted octanol–water partition coefficient (Wildman–Crippen LogP) is 3.69. The summed E-state index contributed by atoms with van der Waals surface area (Å²) in [5.74, 6) is -3.28. The highest BCUT2D eigenvalue weighted by atomic mass is 35.5. The minimum Gasteiger partial charge on any atom is -0.444 e. The first-order valence-corrected chi connectivity index (χ1v) is 6.33. The van der Waals surface area contributed by atoms with Crippen LogP contribution in [0.1, 0.15) is 26.5 Å². The van der Waals surface area contributed by atoms with E-state index in [0.717, 1.165) is 17.2 Å². The second-order valence-corrected chi connectivity index (χ2v) is 5.84. The number of ether oxygens (including phenoxy) is 1. The number of hydrogen-bond donors (Lipinski definition) is 0. The van der Waals surface area contributed by atoms with Crippen LogP contribution < -0.4 is 0 Å². The number of alkyl halides is 2. The van der Waals surface area contributed by atoms with Crippen molar-refractivity contribution in [2.24, 2.45) is 0 Å². The minimum absolute atomic E-state index is 0.269. The quantitative estimate of drug-likeness (QED) is 0.855.